The first kappa shape index (κ1) is 12.6. The summed E-state index contributed by atoms with van der Waals surface area (Å²) in [6, 6.07) is 11.9. The molecule has 0 aliphatic carbocycles. The van der Waals surface area contributed by atoms with E-state index in [-0.39, 0.29) is 0 Å². The summed E-state index contributed by atoms with van der Waals surface area (Å²) in [4.78, 5) is 10.3. The average molecular weight is 244 g/mol. The number of furan rings is 1. The summed E-state index contributed by atoms with van der Waals surface area (Å²) in [5, 5.41) is 0. The van der Waals surface area contributed by atoms with E-state index in [0.29, 0.717) is 19.4 Å². The highest BCUT2D eigenvalue weighted by Crippen LogP contribution is 2.23. The molecule has 0 aliphatic rings. The van der Waals surface area contributed by atoms with E-state index in [1.54, 1.807) is 7.11 Å². The van der Waals surface area contributed by atoms with Gasteiger partial charge in [-0.1, -0.05) is 24.3 Å². The van der Waals surface area contributed by atoms with E-state index in [2.05, 4.69) is 0 Å². The SMILES string of the molecule is COCc1ccc(-c2ccc(CCC=O)o2)cc1. The van der Waals surface area contributed by atoms with Gasteiger partial charge in [0.15, 0.2) is 0 Å². The largest absolute Gasteiger partial charge is 0.461 e. The Morgan fingerprint density at radius 3 is 2.61 bits per heavy atom. The number of ether oxygens (including phenoxy) is 1. The van der Waals surface area contributed by atoms with Gasteiger partial charge in [-0.15, -0.1) is 0 Å². The van der Waals surface area contributed by atoms with Gasteiger partial charge >= 0.3 is 0 Å². The van der Waals surface area contributed by atoms with Crippen molar-refractivity contribution in [1.82, 2.24) is 0 Å². The van der Waals surface area contributed by atoms with Gasteiger partial charge in [0.25, 0.3) is 0 Å². The summed E-state index contributed by atoms with van der Waals surface area (Å²) >= 11 is 0. The number of carbonyl (C=O) groups is 1. The van der Waals surface area contributed by atoms with Crippen molar-refractivity contribution >= 4 is 6.29 Å². The number of rotatable bonds is 6. The van der Waals surface area contributed by atoms with Crippen molar-refractivity contribution in [3.8, 4) is 11.3 Å². The molecule has 1 heterocycles. The summed E-state index contributed by atoms with van der Waals surface area (Å²) in [5.74, 6) is 1.68. The van der Waals surface area contributed by atoms with E-state index >= 15 is 0 Å². The number of benzene rings is 1. The molecule has 1 aromatic carbocycles. The Balaban J connectivity index is 2.10. The Morgan fingerprint density at radius 1 is 1.17 bits per heavy atom. The Bertz CT molecular complexity index is 497. The number of methoxy groups -OCH3 is 1. The van der Waals surface area contributed by atoms with E-state index in [1.165, 1.54) is 0 Å². The summed E-state index contributed by atoms with van der Waals surface area (Å²) in [5.41, 5.74) is 2.17. The number of carbonyl (C=O) groups excluding carboxylic acids is 1. The number of hydrogen-bond donors (Lipinski definition) is 0. The van der Waals surface area contributed by atoms with Crippen LogP contribution in [0.15, 0.2) is 40.8 Å². The maximum Gasteiger partial charge on any atom is 0.134 e. The molecule has 0 atom stereocenters. The van der Waals surface area contributed by atoms with Crippen molar-refractivity contribution in [2.45, 2.75) is 19.4 Å². The lowest BCUT2D eigenvalue weighted by molar-refractivity contribution is -0.107. The fourth-order valence-corrected chi connectivity index (χ4v) is 1.80. The highest BCUT2D eigenvalue weighted by atomic mass is 16.5. The molecular formula is C15H16O3. The molecule has 1 aromatic heterocycles. The maximum atomic E-state index is 10.3. The topological polar surface area (TPSA) is 39.4 Å². The zero-order valence-electron chi connectivity index (χ0n) is 10.4. The minimum Gasteiger partial charge on any atom is -0.461 e. The van der Waals surface area contributed by atoms with E-state index in [4.69, 9.17) is 9.15 Å². The Morgan fingerprint density at radius 2 is 1.94 bits per heavy atom. The van der Waals surface area contributed by atoms with Crippen LogP contribution in [0.1, 0.15) is 17.7 Å². The molecule has 0 radical (unpaired) electrons. The predicted molar refractivity (Wildman–Crippen MR) is 69.2 cm³/mol. The van der Waals surface area contributed by atoms with Gasteiger partial charge in [0.1, 0.15) is 17.8 Å². The van der Waals surface area contributed by atoms with Crippen LogP contribution in [-0.4, -0.2) is 13.4 Å². The van der Waals surface area contributed by atoms with E-state index in [0.717, 1.165) is 28.9 Å². The second-order valence-electron chi connectivity index (χ2n) is 4.10. The van der Waals surface area contributed by atoms with E-state index < -0.39 is 0 Å². The first-order valence-corrected chi connectivity index (χ1v) is 5.94. The molecule has 18 heavy (non-hydrogen) atoms. The quantitative estimate of drug-likeness (QED) is 0.732. The molecule has 0 saturated carbocycles. The van der Waals surface area contributed by atoms with Crippen LogP contribution in [0.25, 0.3) is 11.3 Å². The van der Waals surface area contributed by atoms with Crippen molar-refractivity contribution in [2.24, 2.45) is 0 Å². The normalized spacial score (nSPS) is 10.5. The van der Waals surface area contributed by atoms with E-state index in [9.17, 15) is 4.79 Å². The lowest BCUT2D eigenvalue weighted by Gasteiger charge is -2.01. The van der Waals surface area contributed by atoms with Crippen molar-refractivity contribution in [3.05, 3.63) is 47.7 Å². The average Bonchev–Trinajstić information content (AvgIpc) is 2.86. The highest BCUT2D eigenvalue weighted by Gasteiger charge is 2.04. The fraction of sp³-hybridized carbons (Fsp3) is 0.267. The molecule has 3 heteroatoms. The molecule has 0 N–H and O–H groups in total. The molecule has 94 valence electrons. The smallest absolute Gasteiger partial charge is 0.134 e. The summed E-state index contributed by atoms with van der Waals surface area (Å²) in [7, 11) is 1.68. The highest BCUT2D eigenvalue weighted by molar-refractivity contribution is 5.58. The second kappa shape index (κ2) is 6.17. The van der Waals surface area contributed by atoms with Gasteiger partial charge in [0.2, 0.25) is 0 Å². The standard InChI is InChI=1S/C15H16O3/c1-17-11-12-4-6-13(7-5-12)15-9-8-14(18-15)3-2-10-16/h4-10H,2-3,11H2,1H3. The first-order valence-electron chi connectivity index (χ1n) is 5.94. The fourth-order valence-electron chi connectivity index (χ4n) is 1.80. The summed E-state index contributed by atoms with van der Waals surface area (Å²) < 4.78 is 10.7. The van der Waals surface area contributed by atoms with Gasteiger partial charge in [0.05, 0.1) is 6.61 Å². The molecule has 2 aromatic rings. The minimum atomic E-state index is 0.500. The molecule has 0 aliphatic heterocycles. The molecule has 0 saturated heterocycles. The lowest BCUT2D eigenvalue weighted by Crippen LogP contribution is -1.86. The Hall–Kier alpha value is -1.87. The third-order valence-electron chi connectivity index (χ3n) is 2.72. The molecule has 0 amide bonds. The molecule has 2 rings (SSSR count). The van der Waals surface area contributed by atoms with Gasteiger partial charge in [-0.3, -0.25) is 0 Å². The molecule has 0 fully saturated rings. The van der Waals surface area contributed by atoms with Crippen LogP contribution < -0.4 is 0 Å². The van der Waals surface area contributed by atoms with Gasteiger partial charge in [-0.05, 0) is 17.7 Å². The van der Waals surface area contributed by atoms with Gasteiger partial charge < -0.3 is 13.9 Å². The third kappa shape index (κ3) is 3.08. The zero-order valence-corrected chi connectivity index (χ0v) is 10.4. The van der Waals surface area contributed by atoms with Crippen molar-refractivity contribution in [1.29, 1.82) is 0 Å². The first-order chi connectivity index (χ1) is 8.83. The van der Waals surface area contributed by atoms with Gasteiger partial charge in [-0.2, -0.15) is 0 Å². The van der Waals surface area contributed by atoms with Crippen molar-refractivity contribution < 1.29 is 13.9 Å². The lowest BCUT2D eigenvalue weighted by atomic mass is 10.1. The monoisotopic (exact) mass is 244 g/mol. The zero-order chi connectivity index (χ0) is 12.8. The van der Waals surface area contributed by atoms with Gasteiger partial charge in [0, 0.05) is 25.5 Å². The van der Waals surface area contributed by atoms with Crippen LogP contribution in [0, 0.1) is 0 Å². The maximum absolute atomic E-state index is 10.3. The van der Waals surface area contributed by atoms with Crippen molar-refractivity contribution in [2.75, 3.05) is 7.11 Å². The van der Waals surface area contributed by atoms with Crippen LogP contribution in [0.4, 0.5) is 0 Å². The predicted octanol–water partition coefficient (Wildman–Crippen LogP) is 3.22. The molecule has 0 bridgehead atoms. The Labute approximate surface area is 106 Å². The van der Waals surface area contributed by atoms with Crippen molar-refractivity contribution in [3.63, 3.8) is 0 Å². The number of aryl methyl sites for hydroxylation is 1. The van der Waals surface area contributed by atoms with Crippen LogP contribution in [0.5, 0.6) is 0 Å². The number of aldehydes is 1. The number of hydrogen-bond acceptors (Lipinski definition) is 3. The molecule has 0 spiro atoms. The van der Waals surface area contributed by atoms with Gasteiger partial charge in [-0.25, -0.2) is 0 Å². The molecule has 0 unspecified atom stereocenters. The second-order valence-corrected chi connectivity index (χ2v) is 4.10. The van der Waals surface area contributed by atoms with Crippen LogP contribution in [-0.2, 0) is 22.6 Å². The molecular weight excluding hydrogens is 228 g/mol. The third-order valence-corrected chi connectivity index (χ3v) is 2.72. The summed E-state index contributed by atoms with van der Waals surface area (Å²) in [6.45, 7) is 0.614. The molecule has 3 nitrogen and oxygen atoms in total. The van der Waals surface area contributed by atoms with Crippen LogP contribution >= 0.6 is 0 Å². The Kier molecular flexibility index (Phi) is 4.31. The summed E-state index contributed by atoms with van der Waals surface area (Å²) in [6.07, 6.45) is 2.06. The van der Waals surface area contributed by atoms with E-state index in [1.807, 2.05) is 36.4 Å². The van der Waals surface area contributed by atoms with Crippen LogP contribution in [0.2, 0.25) is 0 Å². The van der Waals surface area contributed by atoms with Crippen LogP contribution in [0.3, 0.4) is 0 Å². The minimum absolute atomic E-state index is 0.500.